The second-order valence-electron chi connectivity index (χ2n) is 12.8. The maximum absolute atomic E-state index is 16.5. The summed E-state index contributed by atoms with van der Waals surface area (Å²) in [6.45, 7) is 0.624. The molecule has 3 saturated heterocycles. The number of alkyl halides is 2. The summed E-state index contributed by atoms with van der Waals surface area (Å²) < 4.78 is 91.1. The van der Waals surface area contributed by atoms with E-state index in [0.29, 0.717) is 41.4 Å². The molecular weight excluding hydrogens is 598 g/mol. The molecule has 7 nitrogen and oxygen atoms in total. The molecule has 0 amide bonds. The second-order valence-corrected chi connectivity index (χ2v) is 12.8. The average molecular weight is 634 g/mol. The van der Waals surface area contributed by atoms with Crippen molar-refractivity contribution in [1.82, 2.24) is 14.9 Å². The Morgan fingerprint density at radius 3 is 2.87 bits per heavy atom. The summed E-state index contributed by atoms with van der Waals surface area (Å²) in [5, 5.41) is 1.06. The first-order valence-corrected chi connectivity index (χ1v) is 15.5. The van der Waals surface area contributed by atoms with Crippen LogP contribution in [0.25, 0.3) is 32.8 Å². The van der Waals surface area contributed by atoms with Gasteiger partial charge in [0.1, 0.15) is 36.4 Å². The highest BCUT2D eigenvalue weighted by Crippen LogP contribution is 2.47. The number of hydrogen-bond donors (Lipinski definition) is 1. The Bertz CT molecular complexity index is 2040. The summed E-state index contributed by atoms with van der Waals surface area (Å²) in [5.74, 6) is 0.814. The van der Waals surface area contributed by atoms with Crippen molar-refractivity contribution < 1.29 is 29.8 Å². The van der Waals surface area contributed by atoms with Crippen molar-refractivity contribution in [2.45, 2.75) is 50.1 Å². The first-order chi connectivity index (χ1) is 22.9. The number of aromatic nitrogens is 2. The van der Waals surface area contributed by atoms with Crippen molar-refractivity contribution in [2.75, 3.05) is 50.0 Å². The molecule has 46 heavy (non-hydrogen) atoms. The van der Waals surface area contributed by atoms with Crippen LogP contribution in [0, 0.1) is 36.8 Å². The number of rotatable bonds is 5. The molecule has 3 aliphatic heterocycles. The van der Waals surface area contributed by atoms with E-state index >= 15 is 8.78 Å². The van der Waals surface area contributed by atoms with Gasteiger partial charge in [-0.05, 0) is 67.1 Å². The maximum atomic E-state index is 16.5. The van der Waals surface area contributed by atoms with Gasteiger partial charge in [0.05, 0.1) is 38.6 Å². The number of halogens is 4. The molecule has 0 spiro atoms. The summed E-state index contributed by atoms with van der Waals surface area (Å²) in [5.41, 5.74) is 6.10. The molecule has 0 unspecified atom stereocenters. The molecule has 1 saturated carbocycles. The molecule has 0 bridgehead atoms. The van der Waals surface area contributed by atoms with E-state index in [2.05, 4.69) is 15.9 Å². The average Bonchev–Trinajstić information content (AvgIpc) is 3.39. The van der Waals surface area contributed by atoms with Crippen LogP contribution < -0.4 is 15.4 Å². The van der Waals surface area contributed by atoms with E-state index in [0.717, 1.165) is 0 Å². The van der Waals surface area contributed by atoms with Crippen molar-refractivity contribution >= 4 is 33.2 Å². The molecule has 1 aromatic heterocycles. The van der Waals surface area contributed by atoms with Crippen molar-refractivity contribution in [3.8, 4) is 29.5 Å². The zero-order valence-corrected chi connectivity index (χ0v) is 25.1. The van der Waals surface area contributed by atoms with Crippen molar-refractivity contribution in [3.05, 3.63) is 53.1 Å². The smallest absolute Gasteiger partial charge is 0.319 e. The molecule has 11 heteroatoms. The van der Waals surface area contributed by atoms with Crippen LogP contribution in [0.1, 0.15) is 33.1 Å². The Hall–Kier alpha value is -4.14. The minimum absolute atomic E-state index is 0.0395. The normalized spacial score (nSPS) is 28.4. The third-order valence-corrected chi connectivity index (χ3v) is 10.0. The molecule has 4 aromatic rings. The topological polar surface area (TPSA) is 76.7 Å². The second kappa shape index (κ2) is 10.7. The van der Waals surface area contributed by atoms with Crippen LogP contribution in [0.4, 0.5) is 29.1 Å². The Kier molecular flexibility index (Phi) is 6.29. The lowest BCUT2D eigenvalue weighted by Gasteiger charge is -2.31. The lowest BCUT2D eigenvalue weighted by atomic mass is 9.90. The SMILES string of the molecule is [2H]C([2H])(Oc1nc(N2CCOC[C@H]3[C@H](F)[C@H]32)c2cc(F)c(-c3cc(N)cc4ccc(F)c(C#C)c34)c(C)c2n1)[C@@]12CCCN1C[C@H](F)C2. The molecule has 2 N–H and O–H groups in total. The quantitative estimate of drug-likeness (QED) is 0.171. The number of ether oxygens (including phenoxy) is 2. The van der Waals surface area contributed by atoms with Crippen LogP contribution in [0.3, 0.4) is 0 Å². The number of fused-ring (bicyclic) bond motifs is 4. The van der Waals surface area contributed by atoms with Crippen LogP contribution in [0.15, 0.2) is 30.3 Å². The molecule has 0 radical (unpaired) electrons. The van der Waals surface area contributed by atoms with Gasteiger partial charge in [-0.25, -0.2) is 17.6 Å². The fourth-order valence-corrected chi connectivity index (χ4v) is 7.84. The van der Waals surface area contributed by atoms with Crippen molar-refractivity contribution in [3.63, 3.8) is 0 Å². The van der Waals surface area contributed by atoms with Gasteiger partial charge in [-0.15, -0.1) is 6.42 Å². The van der Waals surface area contributed by atoms with Crippen LogP contribution in [0.5, 0.6) is 6.01 Å². The minimum atomic E-state index is -2.40. The van der Waals surface area contributed by atoms with Crippen LogP contribution in [-0.4, -0.2) is 78.2 Å². The first kappa shape index (κ1) is 27.0. The summed E-state index contributed by atoms with van der Waals surface area (Å²) in [7, 11) is 0. The number of aryl methyl sites for hydroxylation is 1. The fourth-order valence-electron chi connectivity index (χ4n) is 7.84. The van der Waals surface area contributed by atoms with E-state index in [4.69, 9.17) is 24.4 Å². The number of benzene rings is 3. The van der Waals surface area contributed by atoms with E-state index in [1.54, 1.807) is 22.8 Å². The molecule has 5 atom stereocenters. The molecule has 238 valence electrons. The summed E-state index contributed by atoms with van der Waals surface area (Å²) in [6, 6.07) is 6.21. The summed E-state index contributed by atoms with van der Waals surface area (Å²) in [6.07, 6.45) is 4.36. The minimum Gasteiger partial charge on any atom is -0.461 e. The van der Waals surface area contributed by atoms with E-state index < -0.39 is 48.0 Å². The number of nitrogens with zero attached hydrogens (tertiary/aromatic N) is 4. The maximum Gasteiger partial charge on any atom is 0.319 e. The number of terminal acetylenes is 1. The highest BCUT2D eigenvalue weighted by atomic mass is 19.1. The molecule has 3 aromatic carbocycles. The highest BCUT2D eigenvalue weighted by Gasteiger charge is 2.56. The van der Waals surface area contributed by atoms with Crippen molar-refractivity contribution in [1.29, 1.82) is 0 Å². The Balaban J connectivity index is 1.35. The van der Waals surface area contributed by atoms with Gasteiger partial charge in [0.25, 0.3) is 0 Å². The monoisotopic (exact) mass is 633 g/mol. The third-order valence-electron chi connectivity index (χ3n) is 10.0. The molecule has 8 rings (SSSR count). The van der Waals surface area contributed by atoms with E-state index in [1.807, 2.05) is 0 Å². The Morgan fingerprint density at radius 1 is 1.20 bits per heavy atom. The predicted octanol–water partition coefficient (Wildman–Crippen LogP) is 5.73. The zero-order valence-electron chi connectivity index (χ0n) is 27.1. The predicted molar refractivity (Wildman–Crippen MR) is 168 cm³/mol. The third kappa shape index (κ3) is 4.48. The summed E-state index contributed by atoms with van der Waals surface area (Å²) in [4.78, 5) is 12.7. The van der Waals surface area contributed by atoms with Gasteiger partial charge in [-0.2, -0.15) is 9.97 Å². The summed E-state index contributed by atoms with van der Waals surface area (Å²) >= 11 is 0. The first-order valence-electron chi connectivity index (χ1n) is 16.5. The zero-order chi connectivity index (χ0) is 33.7. The van der Waals surface area contributed by atoms with Crippen LogP contribution in [0.2, 0.25) is 0 Å². The van der Waals surface area contributed by atoms with Crippen LogP contribution >= 0.6 is 0 Å². The number of anilines is 2. The number of nitrogen functional groups attached to an aromatic ring is 1. The molecular formula is C35H33F4N5O2. The van der Waals surface area contributed by atoms with Gasteiger partial charge in [-0.3, -0.25) is 4.90 Å². The lowest BCUT2D eigenvalue weighted by molar-refractivity contribution is 0.107. The number of hydrogen-bond acceptors (Lipinski definition) is 7. The standard InChI is InChI=1S/C35H33F4N5O2/c1-3-22-26(37)6-5-19-11-21(40)12-23(29(19)22)28-18(2)31-24(13-27(28)38)33(44-9-10-45-16-25-30(39)32(25)44)42-34(41-31)46-17-35-7-4-8-43(35)15-20(36)14-35/h1,5-6,11-13,20,25,30,32H,4,7-10,14-17,40H2,2H3/t20-,25+,30+,32+,35+/m1/s1/i17D2. The van der Waals surface area contributed by atoms with E-state index in [1.165, 1.54) is 24.3 Å². The largest absolute Gasteiger partial charge is 0.461 e. The van der Waals surface area contributed by atoms with Gasteiger partial charge in [0.2, 0.25) is 0 Å². The Labute approximate surface area is 266 Å². The molecule has 1 aliphatic carbocycles. The highest BCUT2D eigenvalue weighted by molar-refractivity contribution is 6.06. The molecule has 4 fully saturated rings. The van der Waals surface area contributed by atoms with Crippen molar-refractivity contribution in [2.24, 2.45) is 5.92 Å². The molecule has 4 heterocycles. The van der Waals surface area contributed by atoms with Gasteiger partial charge in [-0.1, -0.05) is 12.0 Å². The van der Waals surface area contributed by atoms with E-state index in [9.17, 15) is 8.78 Å². The van der Waals surface area contributed by atoms with Crippen LogP contribution in [-0.2, 0) is 4.74 Å². The van der Waals surface area contributed by atoms with Gasteiger partial charge in [0, 0.05) is 47.5 Å². The molecule has 4 aliphatic rings. The van der Waals surface area contributed by atoms with Gasteiger partial charge < -0.3 is 20.1 Å². The van der Waals surface area contributed by atoms with E-state index in [-0.39, 0.29) is 72.1 Å². The fraction of sp³-hybridized carbons (Fsp3) is 0.429. The van der Waals surface area contributed by atoms with Gasteiger partial charge in [0.15, 0.2) is 0 Å². The lowest BCUT2D eigenvalue weighted by Crippen LogP contribution is -2.43. The number of nitrogens with two attached hydrogens (primary N) is 1. The van der Waals surface area contributed by atoms with Gasteiger partial charge >= 0.3 is 6.01 Å². The Morgan fingerprint density at radius 2 is 2.04 bits per heavy atom.